The van der Waals surface area contributed by atoms with Crippen LogP contribution in [-0.4, -0.2) is 21.1 Å². The van der Waals surface area contributed by atoms with E-state index >= 15 is 0 Å². The van der Waals surface area contributed by atoms with Gasteiger partial charge in [-0.1, -0.05) is 34.9 Å². The molecule has 0 saturated carbocycles. The van der Waals surface area contributed by atoms with Gasteiger partial charge in [0.1, 0.15) is 28.2 Å². The molecule has 180 valence electrons. The molecule has 3 N–H and O–H groups in total. The molecule has 0 aliphatic heterocycles. The first-order valence-electron chi connectivity index (χ1n) is 11.4. The molecule has 2 aromatic rings. The standard InChI is InChI=1S/C28H32O6/c1-16(2)7-6-8-18(5)10-12-28(11-9-17(3)4)25-23(15-21(31)27(28)33)34-22-14-19(29)13-20(30)24(22)26(25)32/h7,9-10,13-15,29-31H,6,8,11-12H2,1-5H3/t28-/m1/s1. The number of carbonyl (C=O) groups is 1. The Kier molecular flexibility index (Phi) is 7.20. The molecule has 0 spiro atoms. The van der Waals surface area contributed by atoms with E-state index in [1.807, 2.05) is 46.8 Å². The molecule has 6 nitrogen and oxygen atoms in total. The average Bonchev–Trinajstić information content (AvgIpc) is 2.72. The number of benzene rings is 1. The van der Waals surface area contributed by atoms with E-state index in [9.17, 15) is 24.9 Å². The number of carbonyl (C=O) groups excluding carboxylic acids is 1. The lowest BCUT2D eigenvalue weighted by Crippen LogP contribution is -2.43. The quantitative estimate of drug-likeness (QED) is 0.411. The number of aliphatic hydroxyl groups excluding tert-OH is 1. The summed E-state index contributed by atoms with van der Waals surface area (Å²) in [4.78, 5) is 27.2. The van der Waals surface area contributed by atoms with Crippen LogP contribution in [0.3, 0.4) is 0 Å². The summed E-state index contributed by atoms with van der Waals surface area (Å²) in [7, 11) is 0. The molecule has 34 heavy (non-hydrogen) atoms. The van der Waals surface area contributed by atoms with Crippen molar-refractivity contribution in [3.8, 4) is 11.5 Å². The molecule has 3 rings (SSSR count). The Labute approximate surface area is 199 Å². The number of allylic oxidation sites excluding steroid dienone is 7. The Morgan fingerprint density at radius 2 is 1.59 bits per heavy atom. The van der Waals surface area contributed by atoms with Crippen molar-refractivity contribution in [2.75, 3.05) is 0 Å². The van der Waals surface area contributed by atoms with Crippen molar-refractivity contribution in [2.24, 2.45) is 0 Å². The number of hydrogen-bond acceptors (Lipinski definition) is 6. The highest BCUT2D eigenvalue weighted by Crippen LogP contribution is 2.43. The van der Waals surface area contributed by atoms with Crippen LogP contribution in [0.5, 0.6) is 11.5 Å². The minimum atomic E-state index is -1.39. The number of aromatic hydroxyl groups is 2. The molecule has 1 aliphatic carbocycles. The van der Waals surface area contributed by atoms with Gasteiger partial charge >= 0.3 is 0 Å². The van der Waals surface area contributed by atoms with E-state index in [0.29, 0.717) is 0 Å². The molecular formula is C28H32O6. The Morgan fingerprint density at radius 3 is 2.24 bits per heavy atom. The first-order valence-corrected chi connectivity index (χ1v) is 11.4. The van der Waals surface area contributed by atoms with E-state index in [4.69, 9.17) is 4.42 Å². The number of rotatable bonds is 7. The zero-order chi connectivity index (χ0) is 25.2. The summed E-state index contributed by atoms with van der Waals surface area (Å²) < 4.78 is 5.85. The van der Waals surface area contributed by atoms with E-state index < -0.39 is 28.1 Å². The second-order valence-electron chi connectivity index (χ2n) is 9.51. The van der Waals surface area contributed by atoms with E-state index in [1.165, 1.54) is 11.6 Å². The minimum Gasteiger partial charge on any atom is -0.508 e. The summed E-state index contributed by atoms with van der Waals surface area (Å²) in [5, 5.41) is 30.7. The fourth-order valence-electron chi connectivity index (χ4n) is 4.30. The molecular weight excluding hydrogens is 432 g/mol. The van der Waals surface area contributed by atoms with Crippen molar-refractivity contribution in [1.29, 1.82) is 0 Å². The van der Waals surface area contributed by atoms with Gasteiger partial charge < -0.3 is 19.7 Å². The van der Waals surface area contributed by atoms with Crippen LogP contribution in [0.15, 0.2) is 62.1 Å². The van der Waals surface area contributed by atoms with Crippen LogP contribution in [0.25, 0.3) is 17.0 Å². The predicted molar refractivity (Wildman–Crippen MR) is 134 cm³/mol. The maximum absolute atomic E-state index is 13.7. The van der Waals surface area contributed by atoms with E-state index in [1.54, 1.807) is 0 Å². The Bertz CT molecular complexity index is 1310. The number of phenolic OH excluding ortho intramolecular Hbond substituents is 2. The number of Topliss-reactive ketones (excluding diaryl/α,β-unsaturated/α-hetero) is 1. The van der Waals surface area contributed by atoms with Crippen molar-refractivity contribution < 1.29 is 24.5 Å². The maximum Gasteiger partial charge on any atom is 0.208 e. The van der Waals surface area contributed by atoms with Gasteiger partial charge in [0.05, 0.1) is 11.0 Å². The second-order valence-corrected chi connectivity index (χ2v) is 9.51. The monoisotopic (exact) mass is 464 g/mol. The largest absolute Gasteiger partial charge is 0.508 e. The summed E-state index contributed by atoms with van der Waals surface area (Å²) in [6.07, 6.45) is 9.15. The Balaban J connectivity index is 2.25. The van der Waals surface area contributed by atoms with Gasteiger partial charge in [0.15, 0.2) is 5.76 Å². The van der Waals surface area contributed by atoms with Crippen molar-refractivity contribution in [2.45, 2.75) is 65.7 Å². The van der Waals surface area contributed by atoms with Gasteiger partial charge in [-0.25, -0.2) is 0 Å². The lowest BCUT2D eigenvalue weighted by molar-refractivity contribution is -0.123. The molecule has 1 aromatic carbocycles. The molecule has 6 heteroatoms. The van der Waals surface area contributed by atoms with Crippen molar-refractivity contribution in [1.82, 2.24) is 0 Å². The average molecular weight is 465 g/mol. The van der Waals surface area contributed by atoms with Crippen LogP contribution in [0, 0.1) is 0 Å². The van der Waals surface area contributed by atoms with Crippen molar-refractivity contribution >= 4 is 22.8 Å². The second kappa shape index (κ2) is 9.75. The van der Waals surface area contributed by atoms with Crippen LogP contribution in [-0.2, 0) is 10.2 Å². The first kappa shape index (κ1) is 25.1. The molecule has 0 amide bonds. The van der Waals surface area contributed by atoms with Crippen LogP contribution in [0.2, 0.25) is 0 Å². The smallest absolute Gasteiger partial charge is 0.208 e. The molecule has 0 bridgehead atoms. The first-order chi connectivity index (χ1) is 16.0. The SMILES string of the molecule is CC(C)=CCCC(C)=CC[C@@]1(CC=C(C)C)C(=O)C(O)=Cc2oc3cc(O)cc(O)c3c(=O)c21. The highest BCUT2D eigenvalue weighted by atomic mass is 16.3. The fraction of sp³-hybridized carbons (Fsp3) is 0.357. The van der Waals surface area contributed by atoms with E-state index in [0.717, 1.165) is 36.1 Å². The molecule has 0 unspecified atom stereocenters. The number of aliphatic hydroxyl groups is 1. The normalized spacial score (nSPS) is 17.9. The zero-order valence-corrected chi connectivity index (χ0v) is 20.4. The van der Waals surface area contributed by atoms with Gasteiger partial charge in [-0.2, -0.15) is 0 Å². The van der Waals surface area contributed by atoms with Crippen LogP contribution in [0.1, 0.15) is 71.6 Å². The number of fused-ring (bicyclic) bond motifs is 2. The molecule has 1 heterocycles. The summed E-state index contributed by atoms with van der Waals surface area (Å²) in [6.45, 7) is 9.86. The van der Waals surface area contributed by atoms with Gasteiger partial charge in [-0.05, 0) is 60.3 Å². The third-order valence-corrected chi connectivity index (χ3v) is 6.15. The minimum absolute atomic E-state index is 0.0239. The molecule has 0 radical (unpaired) electrons. The van der Waals surface area contributed by atoms with Gasteiger partial charge in [0.2, 0.25) is 11.2 Å². The van der Waals surface area contributed by atoms with Crippen LogP contribution >= 0.6 is 0 Å². The number of hydrogen-bond donors (Lipinski definition) is 3. The topological polar surface area (TPSA) is 108 Å². The fourth-order valence-corrected chi connectivity index (χ4v) is 4.30. The van der Waals surface area contributed by atoms with Gasteiger partial charge in [-0.3, -0.25) is 9.59 Å². The lowest BCUT2D eigenvalue weighted by Gasteiger charge is -2.34. The van der Waals surface area contributed by atoms with Gasteiger partial charge in [0, 0.05) is 18.2 Å². The lowest BCUT2D eigenvalue weighted by atomic mass is 9.67. The highest BCUT2D eigenvalue weighted by molar-refractivity contribution is 6.08. The van der Waals surface area contributed by atoms with E-state index in [2.05, 4.69) is 6.08 Å². The summed E-state index contributed by atoms with van der Waals surface area (Å²) in [5.74, 6) is -1.69. The van der Waals surface area contributed by atoms with Gasteiger partial charge in [0.25, 0.3) is 0 Å². The Hall–Kier alpha value is -3.54. The Morgan fingerprint density at radius 1 is 0.941 bits per heavy atom. The van der Waals surface area contributed by atoms with Gasteiger partial charge in [-0.15, -0.1) is 0 Å². The van der Waals surface area contributed by atoms with Crippen LogP contribution < -0.4 is 5.43 Å². The third kappa shape index (κ3) is 4.86. The third-order valence-electron chi connectivity index (χ3n) is 6.15. The molecule has 0 saturated heterocycles. The predicted octanol–water partition coefficient (Wildman–Crippen LogP) is 6.36. The maximum atomic E-state index is 13.7. The van der Waals surface area contributed by atoms with Crippen molar-refractivity contribution in [3.63, 3.8) is 0 Å². The number of ketones is 1. The summed E-state index contributed by atoms with van der Waals surface area (Å²) in [5.41, 5.74) is 1.40. The molecule has 0 fully saturated rings. The molecule has 1 aliphatic rings. The van der Waals surface area contributed by atoms with Crippen LogP contribution in [0.4, 0.5) is 0 Å². The zero-order valence-electron chi connectivity index (χ0n) is 20.4. The summed E-state index contributed by atoms with van der Waals surface area (Å²) in [6, 6.07) is 2.29. The summed E-state index contributed by atoms with van der Waals surface area (Å²) >= 11 is 0. The number of phenols is 2. The van der Waals surface area contributed by atoms with Crippen molar-refractivity contribution in [3.05, 3.63) is 74.4 Å². The molecule has 1 aromatic heterocycles. The molecule has 1 atom stereocenters. The van der Waals surface area contributed by atoms with E-state index in [-0.39, 0.29) is 40.9 Å². The highest BCUT2D eigenvalue weighted by Gasteiger charge is 2.47.